The van der Waals surface area contributed by atoms with E-state index in [1.165, 1.54) is 12.1 Å². The number of ether oxygens (including phenoxy) is 3. The van der Waals surface area contributed by atoms with Gasteiger partial charge in [-0.3, -0.25) is 0 Å². The zero-order valence-electron chi connectivity index (χ0n) is 9.18. The maximum Gasteiger partial charge on any atom is 0.339 e. The molecule has 0 aliphatic carbocycles. The Bertz CT molecular complexity index is 388. The molecule has 0 aromatic heterocycles. The first kappa shape index (κ1) is 11.6. The molecule has 0 bridgehead atoms. The predicted molar refractivity (Wildman–Crippen MR) is 57.8 cm³/mol. The van der Waals surface area contributed by atoms with Gasteiger partial charge in [-0.1, -0.05) is 12.1 Å². The Morgan fingerprint density at radius 2 is 1.24 bits per heavy atom. The van der Waals surface area contributed by atoms with Crippen molar-refractivity contribution in [1.82, 2.24) is 0 Å². The summed E-state index contributed by atoms with van der Waals surface area (Å²) in [6, 6.07) is 6.42. The van der Waals surface area contributed by atoms with Gasteiger partial charge in [-0.05, 0) is 12.1 Å². The highest BCUT2D eigenvalue weighted by atomic mass is 16.6. The molecule has 1 heterocycles. The number of carbonyl (C=O) groups excluding carboxylic acids is 2. The van der Waals surface area contributed by atoms with Gasteiger partial charge in [0.2, 0.25) is 0 Å². The number of benzene rings is 1. The first-order valence-corrected chi connectivity index (χ1v) is 5.30. The maximum atomic E-state index is 11.7. The van der Waals surface area contributed by atoms with Crippen molar-refractivity contribution in [2.24, 2.45) is 0 Å². The average Bonchev–Trinajstić information content (AvgIpc) is 2.39. The van der Waals surface area contributed by atoms with Gasteiger partial charge in [-0.25, -0.2) is 9.59 Å². The molecule has 90 valence electrons. The minimum Gasteiger partial charge on any atom is -0.460 e. The van der Waals surface area contributed by atoms with Crippen LogP contribution in [0.5, 0.6) is 0 Å². The lowest BCUT2D eigenvalue weighted by Gasteiger charge is -2.07. The summed E-state index contributed by atoms with van der Waals surface area (Å²) in [5.74, 6) is -1.08. The Morgan fingerprint density at radius 3 is 1.71 bits per heavy atom. The van der Waals surface area contributed by atoms with Crippen LogP contribution in [0.3, 0.4) is 0 Å². The smallest absolute Gasteiger partial charge is 0.339 e. The Morgan fingerprint density at radius 1 is 0.765 bits per heavy atom. The molecule has 0 amide bonds. The van der Waals surface area contributed by atoms with Gasteiger partial charge in [0.05, 0.1) is 24.3 Å². The van der Waals surface area contributed by atoms with E-state index in [2.05, 4.69) is 0 Å². The van der Waals surface area contributed by atoms with Crippen LogP contribution >= 0.6 is 0 Å². The third-order valence-corrected chi connectivity index (χ3v) is 2.29. The first-order chi connectivity index (χ1) is 8.29. The van der Waals surface area contributed by atoms with E-state index in [-0.39, 0.29) is 24.3 Å². The molecule has 5 nitrogen and oxygen atoms in total. The summed E-state index contributed by atoms with van der Waals surface area (Å²) < 4.78 is 15.1. The van der Waals surface area contributed by atoms with E-state index >= 15 is 0 Å². The fourth-order valence-electron chi connectivity index (χ4n) is 1.48. The molecule has 17 heavy (non-hydrogen) atoms. The molecular formula is C12H12O5. The largest absolute Gasteiger partial charge is 0.460 e. The van der Waals surface area contributed by atoms with Crippen molar-refractivity contribution in [1.29, 1.82) is 0 Å². The quantitative estimate of drug-likeness (QED) is 0.629. The molecule has 1 aliphatic heterocycles. The van der Waals surface area contributed by atoms with Gasteiger partial charge in [0.15, 0.2) is 0 Å². The molecule has 0 saturated carbocycles. The number of carbonyl (C=O) groups is 2. The van der Waals surface area contributed by atoms with Crippen LogP contribution in [0.2, 0.25) is 0 Å². The van der Waals surface area contributed by atoms with Crippen LogP contribution in [-0.2, 0) is 14.2 Å². The van der Waals surface area contributed by atoms with Gasteiger partial charge in [-0.15, -0.1) is 0 Å². The Balaban J connectivity index is 2.30. The second kappa shape index (κ2) is 5.45. The van der Waals surface area contributed by atoms with Crippen molar-refractivity contribution >= 4 is 11.9 Å². The SMILES string of the molecule is O=C1OCCOCCOC(=O)c2ccccc21. The Hall–Kier alpha value is -1.88. The van der Waals surface area contributed by atoms with Crippen molar-refractivity contribution in [3.63, 3.8) is 0 Å². The maximum absolute atomic E-state index is 11.7. The van der Waals surface area contributed by atoms with E-state index in [1.807, 2.05) is 0 Å². The Labute approximate surface area is 98.3 Å². The first-order valence-electron chi connectivity index (χ1n) is 5.30. The second-order valence-corrected chi connectivity index (χ2v) is 3.43. The normalized spacial score (nSPS) is 17.4. The van der Waals surface area contributed by atoms with E-state index < -0.39 is 11.9 Å². The molecule has 1 aliphatic rings. The zero-order chi connectivity index (χ0) is 12.1. The predicted octanol–water partition coefficient (Wildman–Crippen LogP) is 1.03. The second-order valence-electron chi connectivity index (χ2n) is 3.43. The summed E-state index contributed by atoms with van der Waals surface area (Å²) in [4.78, 5) is 23.4. The third-order valence-electron chi connectivity index (χ3n) is 2.29. The summed E-state index contributed by atoms with van der Waals surface area (Å²) in [7, 11) is 0. The lowest BCUT2D eigenvalue weighted by molar-refractivity contribution is 0.0180. The van der Waals surface area contributed by atoms with Gasteiger partial charge in [0.1, 0.15) is 13.2 Å². The van der Waals surface area contributed by atoms with E-state index in [4.69, 9.17) is 14.2 Å². The molecule has 2 rings (SSSR count). The molecule has 0 unspecified atom stereocenters. The number of fused-ring (bicyclic) bond motifs is 1. The molecular weight excluding hydrogens is 224 g/mol. The van der Waals surface area contributed by atoms with Crippen LogP contribution in [0.4, 0.5) is 0 Å². The molecule has 1 aromatic carbocycles. The number of esters is 2. The van der Waals surface area contributed by atoms with Crippen LogP contribution < -0.4 is 0 Å². The average molecular weight is 236 g/mol. The summed E-state index contributed by atoms with van der Waals surface area (Å²) in [5.41, 5.74) is 0.443. The molecule has 0 fully saturated rings. The highest BCUT2D eigenvalue weighted by Gasteiger charge is 2.19. The number of rotatable bonds is 0. The highest BCUT2D eigenvalue weighted by molar-refractivity contribution is 6.03. The minimum absolute atomic E-state index is 0.168. The number of cyclic esters (lactones) is 2. The molecule has 0 atom stereocenters. The van der Waals surface area contributed by atoms with Crippen molar-refractivity contribution in [3.05, 3.63) is 35.4 Å². The van der Waals surface area contributed by atoms with Crippen LogP contribution in [0.25, 0.3) is 0 Å². The lowest BCUT2D eigenvalue weighted by atomic mass is 10.1. The third kappa shape index (κ3) is 2.82. The van der Waals surface area contributed by atoms with Crippen LogP contribution in [-0.4, -0.2) is 38.4 Å². The van der Waals surface area contributed by atoms with Gasteiger partial charge in [0.25, 0.3) is 0 Å². The van der Waals surface area contributed by atoms with E-state index in [1.54, 1.807) is 12.1 Å². The Kier molecular flexibility index (Phi) is 3.72. The molecule has 1 aromatic rings. The van der Waals surface area contributed by atoms with E-state index in [9.17, 15) is 9.59 Å². The van der Waals surface area contributed by atoms with Gasteiger partial charge in [0, 0.05) is 0 Å². The van der Waals surface area contributed by atoms with Crippen molar-refractivity contribution in [2.75, 3.05) is 26.4 Å². The topological polar surface area (TPSA) is 61.8 Å². The van der Waals surface area contributed by atoms with E-state index in [0.29, 0.717) is 13.2 Å². The molecule has 0 spiro atoms. The van der Waals surface area contributed by atoms with Crippen molar-refractivity contribution in [3.8, 4) is 0 Å². The van der Waals surface area contributed by atoms with Gasteiger partial charge < -0.3 is 14.2 Å². The standard InChI is InChI=1S/C12H12O5/c13-11-9-3-1-2-4-10(9)12(14)17-8-6-15-5-7-16-11/h1-4H,5-8H2. The molecule has 0 radical (unpaired) electrons. The molecule has 0 N–H and O–H groups in total. The summed E-state index contributed by atoms with van der Waals surface area (Å²) in [6.45, 7) is 0.930. The summed E-state index contributed by atoms with van der Waals surface area (Å²) >= 11 is 0. The zero-order valence-corrected chi connectivity index (χ0v) is 9.18. The van der Waals surface area contributed by atoms with Crippen LogP contribution in [0.1, 0.15) is 20.7 Å². The van der Waals surface area contributed by atoms with Crippen LogP contribution in [0.15, 0.2) is 24.3 Å². The number of hydrogen-bond acceptors (Lipinski definition) is 5. The summed E-state index contributed by atoms with van der Waals surface area (Å²) in [6.07, 6.45) is 0. The van der Waals surface area contributed by atoms with Crippen molar-refractivity contribution in [2.45, 2.75) is 0 Å². The van der Waals surface area contributed by atoms with Crippen LogP contribution in [0, 0.1) is 0 Å². The van der Waals surface area contributed by atoms with Crippen molar-refractivity contribution < 1.29 is 23.8 Å². The number of hydrogen-bond donors (Lipinski definition) is 0. The van der Waals surface area contributed by atoms with Gasteiger partial charge >= 0.3 is 11.9 Å². The summed E-state index contributed by atoms with van der Waals surface area (Å²) in [5, 5.41) is 0. The fourth-order valence-corrected chi connectivity index (χ4v) is 1.48. The monoisotopic (exact) mass is 236 g/mol. The fraction of sp³-hybridized carbons (Fsp3) is 0.333. The molecule has 0 saturated heterocycles. The lowest BCUT2D eigenvalue weighted by Crippen LogP contribution is -2.14. The van der Waals surface area contributed by atoms with E-state index in [0.717, 1.165) is 0 Å². The molecule has 5 heteroatoms. The minimum atomic E-state index is -0.539. The highest BCUT2D eigenvalue weighted by Crippen LogP contribution is 2.12. The van der Waals surface area contributed by atoms with Gasteiger partial charge in [-0.2, -0.15) is 0 Å².